The number of hydrogen-bond donors (Lipinski definition) is 0. The van der Waals surface area contributed by atoms with Crippen LogP contribution in [0.3, 0.4) is 0 Å². The quantitative estimate of drug-likeness (QED) is 0.789. The number of amides is 1. The van der Waals surface area contributed by atoms with Crippen LogP contribution < -0.4 is 0 Å². The van der Waals surface area contributed by atoms with Crippen molar-refractivity contribution in [2.45, 2.75) is 26.3 Å². The van der Waals surface area contributed by atoms with Crippen LogP contribution >= 0.6 is 0 Å². The van der Waals surface area contributed by atoms with E-state index >= 15 is 0 Å². The second-order valence-electron chi connectivity index (χ2n) is 6.38. The van der Waals surface area contributed by atoms with E-state index in [0.717, 1.165) is 5.57 Å². The first-order valence-corrected chi connectivity index (χ1v) is 7.78. The summed E-state index contributed by atoms with van der Waals surface area (Å²) in [6.45, 7) is 6.41. The second-order valence-corrected chi connectivity index (χ2v) is 6.38. The zero-order valence-electron chi connectivity index (χ0n) is 13.9. The third-order valence-electron chi connectivity index (χ3n) is 5.12. The number of fused-ring (bicyclic) bond motifs is 1. The first-order valence-electron chi connectivity index (χ1n) is 7.78. The molecule has 1 aliphatic heterocycles. The summed E-state index contributed by atoms with van der Waals surface area (Å²) in [6, 6.07) is 9.05. The number of allylic oxidation sites excluding steroid dienone is 1. The Balaban J connectivity index is 2.06. The predicted octanol–water partition coefficient (Wildman–Crippen LogP) is 2.97. The maximum absolute atomic E-state index is 13.0. The van der Waals surface area contributed by atoms with Crippen LogP contribution in [0, 0.1) is 5.92 Å². The standard InChI is InChI=1S/C19H21NO3/c1-12-13(2)16-11-20(17(21)14-8-6-5-7-9-14)19(3,10-15(12)16)18(22)23-4/h5-10,12H,11H2,1-4H3. The highest BCUT2D eigenvalue weighted by Gasteiger charge is 2.48. The molecule has 23 heavy (non-hydrogen) atoms. The van der Waals surface area contributed by atoms with Crippen molar-refractivity contribution in [1.82, 2.24) is 4.90 Å². The lowest BCUT2D eigenvalue weighted by Crippen LogP contribution is -2.58. The number of carbonyl (C=O) groups excluding carboxylic acids is 2. The minimum Gasteiger partial charge on any atom is -0.467 e. The van der Waals surface area contributed by atoms with Gasteiger partial charge in [-0.2, -0.15) is 0 Å². The molecule has 0 saturated carbocycles. The van der Waals surface area contributed by atoms with Crippen molar-refractivity contribution in [3.63, 3.8) is 0 Å². The number of esters is 1. The molecule has 0 spiro atoms. The van der Waals surface area contributed by atoms with E-state index in [-0.39, 0.29) is 5.91 Å². The third-order valence-corrected chi connectivity index (χ3v) is 5.12. The molecule has 1 aromatic rings. The molecule has 3 rings (SSSR count). The van der Waals surface area contributed by atoms with Crippen LogP contribution in [-0.2, 0) is 9.53 Å². The van der Waals surface area contributed by atoms with Crippen LogP contribution in [0.15, 0.2) is 53.1 Å². The first-order chi connectivity index (χ1) is 10.9. The summed E-state index contributed by atoms with van der Waals surface area (Å²) < 4.78 is 4.99. The monoisotopic (exact) mass is 311 g/mol. The molecule has 1 aromatic carbocycles. The minimum absolute atomic E-state index is 0.159. The van der Waals surface area contributed by atoms with E-state index < -0.39 is 11.5 Å². The Morgan fingerprint density at radius 1 is 1.26 bits per heavy atom. The van der Waals surface area contributed by atoms with Crippen LogP contribution in [0.2, 0.25) is 0 Å². The molecule has 0 N–H and O–H groups in total. The maximum Gasteiger partial charge on any atom is 0.335 e. The number of nitrogens with zero attached hydrogens (tertiary/aromatic N) is 1. The van der Waals surface area contributed by atoms with Crippen molar-refractivity contribution in [2.24, 2.45) is 5.92 Å². The molecule has 2 aliphatic rings. The molecule has 2 unspecified atom stereocenters. The first kappa shape index (κ1) is 15.5. The summed E-state index contributed by atoms with van der Waals surface area (Å²) in [7, 11) is 1.36. The molecule has 120 valence electrons. The number of methoxy groups -OCH3 is 1. The van der Waals surface area contributed by atoms with Gasteiger partial charge in [-0.15, -0.1) is 0 Å². The third kappa shape index (κ3) is 2.21. The van der Waals surface area contributed by atoms with Crippen LogP contribution in [0.1, 0.15) is 31.1 Å². The van der Waals surface area contributed by atoms with Crippen molar-refractivity contribution < 1.29 is 14.3 Å². The van der Waals surface area contributed by atoms with Gasteiger partial charge in [0, 0.05) is 18.0 Å². The Hall–Kier alpha value is -2.36. The minimum atomic E-state index is -1.07. The highest BCUT2D eigenvalue weighted by molar-refractivity contribution is 6.00. The van der Waals surface area contributed by atoms with Gasteiger partial charge in [-0.25, -0.2) is 4.79 Å². The van der Waals surface area contributed by atoms with Crippen molar-refractivity contribution in [1.29, 1.82) is 0 Å². The molecule has 4 heteroatoms. The molecule has 0 bridgehead atoms. The largest absolute Gasteiger partial charge is 0.467 e. The van der Waals surface area contributed by atoms with E-state index in [1.54, 1.807) is 24.0 Å². The van der Waals surface area contributed by atoms with Crippen molar-refractivity contribution in [3.8, 4) is 0 Å². The van der Waals surface area contributed by atoms with Gasteiger partial charge in [-0.1, -0.05) is 30.7 Å². The normalized spacial score (nSPS) is 26.2. The lowest BCUT2D eigenvalue weighted by atomic mass is 9.69. The van der Waals surface area contributed by atoms with Crippen LogP contribution in [-0.4, -0.2) is 36.0 Å². The number of benzene rings is 1. The fraction of sp³-hybridized carbons (Fsp3) is 0.368. The lowest BCUT2D eigenvalue weighted by Gasteiger charge is -2.47. The van der Waals surface area contributed by atoms with Gasteiger partial charge in [-0.05, 0) is 43.2 Å². The van der Waals surface area contributed by atoms with Crippen molar-refractivity contribution in [3.05, 3.63) is 58.7 Å². The van der Waals surface area contributed by atoms with E-state index in [1.165, 1.54) is 18.3 Å². The van der Waals surface area contributed by atoms with E-state index in [9.17, 15) is 9.59 Å². The summed E-state index contributed by atoms with van der Waals surface area (Å²) in [6.07, 6.45) is 1.90. The molecule has 1 aliphatic carbocycles. The molecule has 0 fully saturated rings. The Morgan fingerprint density at radius 3 is 2.52 bits per heavy atom. The average Bonchev–Trinajstić information content (AvgIpc) is 2.60. The second kappa shape index (κ2) is 5.37. The summed E-state index contributed by atoms with van der Waals surface area (Å²) in [5, 5.41) is 0. The topological polar surface area (TPSA) is 46.6 Å². The van der Waals surface area contributed by atoms with E-state index in [4.69, 9.17) is 4.74 Å². The predicted molar refractivity (Wildman–Crippen MR) is 87.8 cm³/mol. The fourth-order valence-corrected chi connectivity index (χ4v) is 3.43. The molecule has 1 heterocycles. The number of rotatable bonds is 2. The van der Waals surface area contributed by atoms with Gasteiger partial charge in [0.2, 0.25) is 0 Å². The summed E-state index contributed by atoms with van der Waals surface area (Å²) in [4.78, 5) is 27.0. The zero-order chi connectivity index (χ0) is 16.8. The van der Waals surface area contributed by atoms with Gasteiger partial charge >= 0.3 is 5.97 Å². The van der Waals surface area contributed by atoms with Gasteiger partial charge in [0.15, 0.2) is 5.54 Å². The Morgan fingerprint density at radius 2 is 1.91 bits per heavy atom. The molecule has 1 amide bonds. The van der Waals surface area contributed by atoms with E-state index in [0.29, 0.717) is 18.0 Å². The molecular weight excluding hydrogens is 290 g/mol. The summed E-state index contributed by atoms with van der Waals surface area (Å²) >= 11 is 0. The Labute approximate surface area is 136 Å². The Bertz CT molecular complexity index is 732. The maximum atomic E-state index is 13.0. The number of ether oxygens (including phenoxy) is 1. The summed E-state index contributed by atoms with van der Waals surface area (Å²) in [5.41, 5.74) is 3.12. The molecule has 2 atom stereocenters. The van der Waals surface area contributed by atoms with Crippen molar-refractivity contribution in [2.75, 3.05) is 13.7 Å². The number of carbonyl (C=O) groups is 2. The smallest absolute Gasteiger partial charge is 0.335 e. The van der Waals surface area contributed by atoms with Gasteiger partial charge in [0.1, 0.15) is 0 Å². The highest BCUT2D eigenvalue weighted by atomic mass is 16.5. The molecule has 4 nitrogen and oxygen atoms in total. The fourth-order valence-electron chi connectivity index (χ4n) is 3.43. The van der Waals surface area contributed by atoms with E-state index in [2.05, 4.69) is 13.8 Å². The van der Waals surface area contributed by atoms with Gasteiger partial charge < -0.3 is 9.64 Å². The molecule has 0 radical (unpaired) electrons. The SMILES string of the molecule is COC(=O)C1(C)C=C2C(=C(C)C2C)CN1C(=O)c1ccccc1. The van der Waals surface area contributed by atoms with Crippen molar-refractivity contribution >= 4 is 11.9 Å². The van der Waals surface area contributed by atoms with Gasteiger partial charge in [0.05, 0.1) is 7.11 Å². The van der Waals surface area contributed by atoms with Gasteiger partial charge in [0.25, 0.3) is 5.91 Å². The summed E-state index contributed by atoms with van der Waals surface area (Å²) in [5.74, 6) is -0.235. The zero-order valence-corrected chi connectivity index (χ0v) is 13.9. The van der Waals surface area contributed by atoms with Crippen LogP contribution in [0.4, 0.5) is 0 Å². The lowest BCUT2D eigenvalue weighted by molar-refractivity contribution is -0.149. The molecule has 0 saturated heterocycles. The Kier molecular flexibility index (Phi) is 3.63. The molecule has 0 aromatic heterocycles. The van der Waals surface area contributed by atoms with Crippen LogP contribution in [0.25, 0.3) is 0 Å². The molecular formula is C19H21NO3. The van der Waals surface area contributed by atoms with E-state index in [1.807, 2.05) is 24.3 Å². The highest BCUT2D eigenvalue weighted by Crippen LogP contribution is 2.46. The average molecular weight is 311 g/mol. The van der Waals surface area contributed by atoms with Crippen LogP contribution in [0.5, 0.6) is 0 Å². The van der Waals surface area contributed by atoms with Gasteiger partial charge in [-0.3, -0.25) is 4.79 Å². The number of hydrogen-bond acceptors (Lipinski definition) is 3.